The Balaban J connectivity index is 1.47. The number of hydrogen-bond acceptors (Lipinski definition) is 5. The van der Waals surface area contributed by atoms with Crippen molar-refractivity contribution in [3.63, 3.8) is 0 Å². The summed E-state index contributed by atoms with van der Waals surface area (Å²) in [5, 5.41) is 3.78. The minimum atomic E-state index is -0.363. The lowest BCUT2D eigenvalue weighted by Crippen LogP contribution is -2.32. The van der Waals surface area contributed by atoms with E-state index in [4.69, 9.17) is 11.6 Å². The number of anilines is 2. The molecule has 1 fully saturated rings. The monoisotopic (exact) mass is 458 g/mol. The maximum atomic E-state index is 13.4. The zero-order chi connectivity index (χ0) is 22.8. The van der Waals surface area contributed by atoms with Crippen LogP contribution >= 0.6 is 11.6 Å². The molecule has 0 saturated carbocycles. The number of imide groups is 1. The van der Waals surface area contributed by atoms with Crippen molar-refractivity contribution in [2.45, 2.75) is 19.4 Å². The second-order valence-corrected chi connectivity index (χ2v) is 8.62. The molecule has 2 aliphatic heterocycles. The van der Waals surface area contributed by atoms with Gasteiger partial charge in [0.1, 0.15) is 5.70 Å². The van der Waals surface area contributed by atoms with E-state index in [9.17, 15) is 9.59 Å². The van der Waals surface area contributed by atoms with E-state index in [2.05, 4.69) is 15.2 Å². The van der Waals surface area contributed by atoms with Crippen LogP contribution in [0.3, 0.4) is 0 Å². The van der Waals surface area contributed by atoms with E-state index < -0.39 is 0 Å². The first-order chi connectivity index (χ1) is 16.1. The number of hydrogen-bond donors (Lipinski definition) is 1. The van der Waals surface area contributed by atoms with Gasteiger partial charge >= 0.3 is 0 Å². The summed E-state index contributed by atoms with van der Waals surface area (Å²) in [6.07, 6.45) is 5.74. The van der Waals surface area contributed by atoms with Gasteiger partial charge in [0, 0.05) is 41.9 Å². The van der Waals surface area contributed by atoms with Gasteiger partial charge in [-0.15, -0.1) is 0 Å². The molecule has 0 aliphatic carbocycles. The molecule has 1 saturated heterocycles. The van der Waals surface area contributed by atoms with Gasteiger partial charge in [0.25, 0.3) is 11.8 Å². The highest BCUT2D eigenvalue weighted by Crippen LogP contribution is 2.32. The number of carbonyl (C=O) groups excluding carboxylic acids is 2. The summed E-state index contributed by atoms with van der Waals surface area (Å²) >= 11 is 6.05. The molecule has 0 atom stereocenters. The number of rotatable bonds is 6. The SMILES string of the molecule is O=C1C(Nc2ccc(N3CCCC3)cc2)=C(c2ccc(Cl)cc2)C(=O)N1Cc1cccnc1. The average molecular weight is 459 g/mol. The summed E-state index contributed by atoms with van der Waals surface area (Å²) in [6, 6.07) is 18.6. The molecule has 33 heavy (non-hydrogen) atoms. The Morgan fingerprint density at radius 1 is 0.909 bits per heavy atom. The number of amides is 2. The van der Waals surface area contributed by atoms with Crippen LogP contribution in [0.15, 0.2) is 78.8 Å². The second-order valence-electron chi connectivity index (χ2n) is 8.18. The average Bonchev–Trinajstić information content (AvgIpc) is 3.45. The molecule has 3 heterocycles. The molecule has 1 aromatic heterocycles. The first kappa shape index (κ1) is 21.2. The lowest BCUT2D eigenvalue weighted by atomic mass is 10.0. The molecule has 0 bridgehead atoms. The van der Waals surface area contributed by atoms with Crippen LogP contribution in [0.25, 0.3) is 5.57 Å². The van der Waals surface area contributed by atoms with E-state index in [0.717, 1.165) is 30.0 Å². The fourth-order valence-corrected chi connectivity index (χ4v) is 4.40. The molecule has 0 radical (unpaired) electrons. The van der Waals surface area contributed by atoms with Gasteiger partial charge in [-0.3, -0.25) is 19.5 Å². The molecule has 2 amide bonds. The van der Waals surface area contributed by atoms with Crippen LogP contribution in [0.2, 0.25) is 5.02 Å². The van der Waals surface area contributed by atoms with Crippen LogP contribution in [0.1, 0.15) is 24.0 Å². The smallest absolute Gasteiger partial charge is 0.278 e. The van der Waals surface area contributed by atoms with Crippen molar-refractivity contribution in [2.75, 3.05) is 23.3 Å². The summed E-state index contributed by atoms with van der Waals surface area (Å²) in [6.45, 7) is 2.28. The third-order valence-corrected chi connectivity index (χ3v) is 6.22. The molecule has 166 valence electrons. The molecule has 7 heteroatoms. The molecular weight excluding hydrogens is 436 g/mol. The lowest BCUT2D eigenvalue weighted by Gasteiger charge is -2.18. The Morgan fingerprint density at radius 2 is 1.64 bits per heavy atom. The number of nitrogens with one attached hydrogen (secondary N) is 1. The van der Waals surface area contributed by atoms with Gasteiger partial charge in [-0.1, -0.05) is 29.8 Å². The van der Waals surface area contributed by atoms with Gasteiger partial charge in [-0.05, 0) is 66.4 Å². The highest BCUT2D eigenvalue weighted by Gasteiger charge is 2.39. The van der Waals surface area contributed by atoms with E-state index in [1.54, 1.807) is 42.7 Å². The highest BCUT2D eigenvalue weighted by atomic mass is 35.5. The van der Waals surface area contributed by atoms with Crippen LogP contribution in [0.5, 0.6) is 0 Å². The largest absolute Gasteiger partial charge is 0.372 e. The van der Waals surface area contributed by atoms with Gasteiger partial charge < -0.3 is 10.2 Å². The standard InChI is InChI=1S/C26H23ClN4O2/c27-20-7-5-19(6-8-20)23-24(26(33)31(25(23)32)17-18-4-3-13-28-16-18)29-21-9-11-22(12-10-21)30-14-1-2-15-30/h3-13,16,29H,1-2,14-15,17H2. The summed E-state index contributed by atoms with van der Waals surface area (Å²) in [4.78, 5) is 34.5. The second kappa shape index (κ2) is 9.08. The summed E-state index contributed by atoms with van der Waals surface area (Å²) < 4.78 is 0. The molecule has 0 spiro atoms. The van der Waals surface area contributed by atoms with Crippen molar-refractivity contribution in [1.29, 1.82) is 0 Å². The zero-order valence-electron chi connectivity index (χ0n) is 18.0. The Hall–Kier alpha value is -3.64. The third kappa shape index (κ3) is 4.34. The normalized spacial score (nSPS) is 16.2. The van der Waals surface area contributed by atoms with Gasteiger partial charge in [0.2, 0.25) is 0 Å². The fraction of sp³-hybridized carbons (Fsp3) is 0.192. The molecule has 2 aromatic carbocycles. The van der Waals surface area contributed by atoms with Gasteiger partial charge in [-0.2, -0.15) is 0 Å². The maximum absolute atomic E-state index is 13.4. The molecule has 1 N–H and O–H groups in total. The molecule has 2 aliphatic rings. The number of halogens is 1. The Kier molecular flexibility index (Phi) is 5.84. The quantitative estimate of drug-likeness (QED) is 0.541. The highest BCUT2D eigenvalue weighted by molar-refractivity contribution is 6.36. The van der Waals surface area contributed by atoms with E-state index in [0.29, 0.717) is 16.2 Å². The molecule has 3 aromatic rings. The number of carbonyl (C=O) groups is 2. The van der Waals surface area contributed by atoms with Crippen LogP contribution in [0.4, 0.5) is 11.4 Å². The van der Waals surface area contributed by atoms with Crippen molar-refractivity contribution in [3.05, 3.63) is 94.9 Å². The Bertz CT molecular complexity index is 1200. The van der Waals surface area contributed by atoms with Crippen molar-refractivity contribution in [2.24, 2.45) is 0 Å². The van der Waals surface area contributed by atoms with Crippen LogP contribution in [0, 0.1) is 0 Å². The number of pyridine rings is 1. The summed E-state index contributed by atoms with van der Waals surface area (Å²) in [7, 11) is 0. The Labute approximate surface area is 197 Å². The minimum absolute atomic E-state index is 0.154. The zero-order valence-corrected chi connectivity index (χ0v) is 18.8. The van der Waals surface area contributed by atoms with Gasteiger partial charge in [0.15, 0.2) is 0 Å². The molecular formula is C26H23ClN4O2. The van der Waals surface area contributed by atoms with Crippen molar-refractivity contribution < 1.29 is 9.59 Å². The first-order valence-electron chi connectivity index (χ1n) is 11.0. The van der Waals surface area contributed by atoms with Crippen LogP contribution in [-0.4, -0.2) is 34.8 Å². The van der Waals surface area contributed by atoms with Crippen molar-refractivity contribution >= 4 is 40.4 Å². The van der Waals surface area contributed by atoms with Crippen LogP contribution in [-0.2, 0) is 16.1 Å². The minimum Gasteiger partial charge on any atom is -0.372 e. The molecule has 0 unspecified atom stereocenters. The fourth-order valence-electron chi connectivity index (χ4n) is 4.27. The summed E-state index contributed by atoms with van der Waals surface area (Å²) in [5.74, 6) is -0.709. The first-order valence-corrected chi connectivity index (χ1v) is 11.4. The molecule has 6 nitrogen and oxygen atoms in total. The number of aromatic nitrogens is 1. The maximum Gasteiger partial charge on any atom is 0.278 e. The predicted octanol–water partition coefficient (Wildman–Crippen LogP) is 4.73. The molecule has 5 rings (SSSR count). The summed E-state index contributed by atoms with van der Waals surface area (Å²) in [5.41, 5.74) is 3.94. The van der Waals surface area contributed by atoms with Crippen LogP contribution < -0.4 is 10.2 Å². The Morgan fingerprint density at radius 3 is 2.30 bits per heavy atom. The van der Waals surface area contributed by atoms with E-state index in [-0.39, 0.29) is 24.1 Å². The van der Waals surface area contributed by atoms with Gasteiger partial charge in [-0.25, -0.2) is 0 Å². The van der Waals surface area contributed by atoms with E-state index in [1.165, 1.54) is 17.7 Å². The van der Waals surface area contributed by atoms with Crippen molar-refractivity contribution in [3.8, 4) is 0 Å². The van der Waals surface area contributed by atoms with Gasteiger partial charge in [0.05, 0.1) is 12.1 Å². The third-order valence-electron chi connectivity index (χ3n) is 5.97. The number of benzene rings is 2. The lowest BCUT2D eigenvalue weighted by molar-refractivity contribution is -0.137. The van der Waals surface area contributed by atoms with E-state index in [1.807, 2.05) is 30.3 Å². The number of nitrogens with zero attached hydrogens (tertiary/aromatic N) is 3. The predicted molar refractivity (Wildman–Crippen MR) is 130 cm³/mol. The van der Waals surface area contributed by atoms with E-state index >= 15 is 0 Å². The van der Waals surface area contributed by atoms with Crippen molar-refractivity contribution in [1.82, 2.24) is 9.88 Å². The topological polar surface area (TPSA) is 65.5 Å².